The van der Waals surface area contributed by atoms with Crippen molar-refractivity contribution in [2.45, 2.75) is 13.5 Å². The Bertz CT molecular complexity index is 776. The first-order chi connectivity index (χ1) is 12.6. The second-order valence-corrected chi connectivity index (χ2v) is 5.98. The van der Waals surface area contributed by atoms with Crippen LogP contribution in [0.15, 0.2) is 36.4 Å². The number of aliphatic hydroxyl groups excluding tert-OH is 1. The van der Waals surface area contributed by atoms with E-state index < -0.39 is 0 Å². The molecule has 8 heteroatoms. The zero-order valence-corrected chi connectivity index (χ0v) is 14.7. The van der Waals surface area contributed by atoms with Gasteiger partial charge < -0.3 is 19.6 Å². The van der Waals surface area contributed by atoms with Gasteiger partial charge in [-0.05, 0) is 30.7 Å². The van der Waals surface area contributed by atoms with Crippen molar-refractivity contribution in [1.82, 2.24) is 4.98 Å². The van der Waals surface area contributed by atoms with Crippen LogP contribution in [0, 0.1) is 10.1 Å². The number of nitro benzene ring substituents is 1. The summed E-state index contributed by atoms with van der Waals surface area (Å²) in [5.74, 6) is 1.44. The lowest BCUT2D eigenvalue weighted by Crippen LogP contribution is -2.47. The fraction of sp³-hybridized carbons (Fsp3) is 0.389. The van der Waals surface area contributed by atoms with E-state index in [9.17, 15) is 15.2 Å². The number of aliphatic hydroxyl groups is 1. The molecule has 1 aromatic heterocycles. The van der Waals surface area contributed by atoms with Crippen molar-refractivity contribution in [2.24, 2.45) is 0 Å². The third-order valence-electron chi connectivity index (χ3n) is 4.36. The molecule has 1 fully saturated rings. The van der Waals surface area contributed by atoms with Crippen LogP contribution in [0.25, 0.3) is 0 Å². The van der Waals surface area contributed by atoms with Gasteiger partial charge in [0.15, 0.2) is 0 Å². The molecule has 8 nitrogen and oxygen atoms in total. The molecular weight excluding hydrogens is 336 g/mol. The topological polar surface area (TPSA) is 92.0 Å². The molecule has 0 radical (unpaired) electrons. The number of piperazine rings is 1. The minimum Gasteiger partial charge on any atom is -0.478 e. The molecule has 0 amide bonds. The molecule has 0 unspecified atom stereocenters. The molecule has 1 aliphatic heterocycles. The van der Waals surface area contributed by atoms with Crippen LogP contribution < -0.4 is 14.5 Å². The molecule has 2 heterocycles. The summed E-state index contributed by atoms with van der Waals surface area (Å²) in [5.41, 5.74) is 1.28. The zero-order chi connectivity index (χ0) is 18.5. The number of anilines is 2. The maximum Gasteiger partial charge on any atom is 0.292 e. The smallest absolute Gasteiger partial charge is 0.292 e. The SMILES string of the molecule is CCOc1cccc(N2CCN(c3cc(CO)ccc3[N+](=O)[O-])CC2)n1. The Morgan fingerprint density at radius 3 is 2.58 bits per heavy atom. The highest BCUT2D eigenvalue weighted by molar-refractivity contribution is 5.65. The molecule has 0 spiro atoms. The minimum atomic E-state index is -0.379. The van der Waals surface area contributed by atoms with E-state index in [1.54, 1.807) is 12.1 Å². The van der Waals surface area contributed by atoms with Crippen molar-refractivity contribution in [1.29, 1.82) is 0 Å². The molecule has 2 aromatic rings. The van der Waals surface area contributed by atoms with Crippen LogP contribution in [-0.2, 0) is 6.61 Å². The standard InChI is InChI=1S/C18H22N4O4/c1-2-26-18-5-3-4-17(19-18)21-10-8-20(9-11-21)16-12-14(13-23)6-7-15(16)22(24)25/h3-7,12,23H,2,8-11,13H2,1H3. The molecule has 0 aliphatic carbocycles. The van der Waals surface area contributed by atoms with E-state index in [2.05, 4.69) is 9.88 Å². The molecule has 0 atom stereocenters. The van der Waals surface area contributed by atoms with E-state index >= 15 is 0 Å². The number of hydrogen-bond donors (Lipinski definition) is 1. The quantitative estimate of drug-likeness (QED) is 0.625. The van der Waals surface area contributed by atoms with E-state index in [1.165, 1.54) is 6.07 Å². The second kappa shape index (κ2) is 8.01. The average molecular weight is 358 g/mol. The number of hydrogen-bond acceptors (Lipinski definition) is 7. The zero-order valence-electron chi connectivity index (χ0n) is 14.7. The molecule has 1 aliphatic rings. The summed E-state index contributed by atoms with van der Waals surface area (Å²) >= 11 is 0. The van der Waals surface area contributed by atoms with Gasteiger partial charge >= 0.3 is 0 Å². The number of rotatable bonds is 6. The van der Waals surface area contributed by atoms with Gasteiger partial charge in [-0.25, -0.2) is 0 Å². The van der Waals surface area contributed by atoms with Crippen molar-refractivity contribution in [2.75, 3.05) is 42.6 Å². The van der Waals surface area contributed by atoms with Crippen LogP contribution in [0.2, 0.25) is 0 Å². The number of pyridine rings is 1. The Balaban J connectivity index is 1.74. The Kier molecular flexibility index (Phi) is 5.52. The molecule has 138 valence electrons. The Morgan fingerprint density at radius 1 is 1.19 bits per heavy atom. The number of nitro groups is 1. The van der Waals surface area contributed by atoms with Crippen molar-refractivity contribution >= 4 is 17.2 Å². The summed E-state index contributed by atoms with van der Waals surface area (Å²) in [6.45, 7) is 5.01. The fourth-order valence-corrected chi connectivity index (χ4v) is 3.06. The molecule has 1 N–H and O–H groups in total. The first-order valence-electron chi connectivity index (χ1n) is 8.60. The highest BCUT2D eigenvalue weighted by Gasteiger charge is 2.24. The fourth-order valence-electron chi connectivity index (χ4n) is 3.06. The van der Waals surface area contributed by atoms with Gasteiger partial charge in [-0.3, -0.25) is 10.1 Å². The van der Waals surface area contributed by atoms with Crippen LogP contribution in [0.4, 0.5) is 17.2 Å². The van der Waals surface area contributed by atoms with Gasteiger partial charge in [0, 0.05) is 38.3 Å². The monoisotopic (exact) mass is 358 g/mol. The van der Waals surface area contributed by atoms with Crippen molar-refractivity contribution < 1.29 is 14.8 Å². The number of ether oxygens (including phenoxy) is 1. The number of benzene rings is 1. The molecule has 0 bridgehead atoms. The normalized spacial score (nSPS) is 14.4. The largest absolute Gasteiger partial charge is 0.478 e. The van der Waals surface area contributed by atoms with Gasteiger partial charge in [-0.15, -0.1) is 0 Å². The van der Waals surface area contributed by atoms with Crippen molar-refractivity contribution in [3.05, 3.63) is 52.1 Å². The molecule has 3 rings (SSSR count). The first-order valence-corrected chi connectivity index (χ1v) is 8.60. The molecule has 1 aromatic carbocycles. The van der Waals surface area contributed by atoms with Gasteiger partial charge in [0.2, 0.25) is 5.88 Å². The summed E-state index contributed by atoms with van der Waals surface area (Å²) < 4.78 is 5.45. The third-order valence-corrected chi connectivity index (χ3v) is 4.36. The van der Waals surface area contributed by atoms with Crippen LogP contribution in [0.3, 0.4) is 0 Å². The lowest BCUT2D eigenvalue weighted by atomic mass is 10.1. The summed E-state index contributed by atoms with van der Waals surface area (Å²) in [5, 5.41) is 20.7. The molecular formula is C18H22N4O4. The molecule has 1 saturated heterocycles. The summed E-state index contributed by atoms with van der Waals surface area (Å²) in [6, 6.07) is 10.4. The lowest BCUT2D eigenvalue weighted by molar-refractivity contribution is -0.384. The van der Waals surface area contributed by atoms with E-state index in [1.807, 2.05) is 30.0 Å². The maximum atomic E-state index is 11.3. The summed E-state index contributed by atoms with van der Waals surface area (Å²) in [7, 11) is 0. The van der Waals surface area contributed by atoms with Gasteiger partial charge in [0.25, 0.3) is 5.69 Å². The van der Waals surface area contributed by atoms with Crippen LogP contribution >= 0.6 is 0 Å². The highest BCUT2D eigenvalue weighted by atomic mass is 16.6. The predicted octanol–water partition coefficient (Wildman–Crippen LogP) is 2.21. The highest BCUT2D eigenvalue weighted by Crippen LogP contribution is 2.30. The first kappa shape index (κ1) is 17.9. The van der Waals surface area contributed by atoms with E-state index in [4.69, 9.17) is 4.74 Å². The summed E-state index contributed by atoms with van der Waals surface area (Å²) in [6.07, 6.45) is 0. The predicted molar refractivity (Wildman–Crippen MR) is 98.9 cm³/mol. The van der Waals surface area contributed by atoms with Crippen LogP contribution in [0.5, 0.6) is 5.88 Å². The number of nitrogens with zero attached hydrogens (tertiary/aromatic N) is 4. The van der Waals surface area contributed by atoms with Gasteiger partial charge in [0.05, 0.1) is 18.1 Å². The summed E-state index contributed by atoms with van der Waals surface area (Å²) in [4.78, 5) is 19.6. The Morgan fingerprint density at radius 2 is 1.92 bits per heavy atom. The average Bonchev–Trinajstić information content (AvgIpc) is 2.68. The van der Waals surface area contributed by atoms with Crippen molar-refractivity contribution in [3.8, 4) is 5.88 Å². The van der Waals surface area contributed by atoms with Gasteiger partial charge in [0.1, 0.15) is 11.5 Å². The van der Waals surface area contributed by atoms with E-state index in [-0.39, 0.29) is 17.2 Å². The lowest BCUT2D eigenvalue weighted by Gasteiger charge is -2.36. The number of aromatic nitrogens is 1. The van der Waals surface area contributed by atoms with Crippen LogP contribution in [0.1, 0.15) is 12.5 Å². The van der Waals surface area contributed by atoms with E-state index in [0.717, 1.165) is 5.82 Å². The Labute approximate surface area is 151 Å². The Hall–Kier alpha value is -2.87. The maximum absolute atomic E-state index is 11.3. The molecule has 0 saturated carbocycles. The molecule has 26 heavy (non-hydrogen) atoms. The third kappa shape index (κ3) is 3.85. The minimum absolute atomic E-state index is 0.0621. The second-order valence-electron chi connectivity index (χ2n) is 5.98. The van der Waals surface area contributed by atoms with Crippen LogP contribution in [-0.4, -0.2) is 47.8 Å². The van der Waals surface area contributed by atoms with Gasteiger partial charge in [-0.2, -0.15) is 4.98 Å². The van der Waals surface area contributed by atoms with E-state index in [0.29, 0.717) is 49.9 Å². The van der Waals surface area contributed by atoms with Crippen molar-refractivity contribution in [3.63, 3.8) is 0 Å². The van der Waals surface area contributed by atoms with Gasteiger partial charge in [-0.1, -0.05) is 6.07 Å².